The monoisotopic (exact) mass is 277 g/mol. The average molecular weight is 277 g/mol. The van der Waals surface area contributed by atoms with Crippen molar-refractivity contribution in [3.63, 3.8) is 0 Å². The zero-order valence-corrected chi connectivity index (χ0v) is 10.2. The molecule has 0 unspecified atom stereocenters. The van der Waals surface area contributed by atoms with Gasteiger partial charge in [0.1, 0.15) is 6.04 Å². The molecule has 106 valence electrons. The van der Waals surface area contributed by atoms with Crippen molar-refractivity contribution in [3.8, 4) is 0 Å². The second-order valence-corrected chi connectivity index (χ2v) is 3.81. The van der Waals surface area contributed by atoms with Crippen LogP contribution < -0.4 is 5.73 Å². The van der Waals surface area contributed by atoms with E-state index in [2.05, 4.69) is 4.74 Å². The molecule has 0 fully saturated rings. The minimum Gasteiger partial charge on any atom is -0.467 e. The van der Waals surface area contributed by atoms with Crippen molar-refractivity contribution in [2.24, 2.45) is 5.73 Å². The Bertz CT molecular complexity index is 408. The van der Waals surface area contributed by atoms with Gasteiger partial charge in [0, 0.05) is 0 Å². The first kappa shape index (κ1) is 15.5. The lowest BCUT2D eigenvalue weighted by Gasteiger charge is -2.23. The highest BCUT2D eigenvalue weighted by Gasteiger charge is 2.46. The van der Waals surface area contributed by atoms with Crippen LogP contribution in [0.25, 0.3) is 0 Å². The molecule has 1 aromatic rings. The Hall–Kier alpha value is -1.60. The second kappa shape index (κ2) is 6.53. The molecule has 1 aromatic carbocycles. The van der Waals surface area contributed by atoms with E-state index in [0.29, 0.717) is 5.56 Å². The maximum absolute atomic E-state index is 12.5. The summed E-state index contributed by atoms with van der Waals surface area (Å²) in [5.41, 5.74) is 5.62. The van der Waals surface area contributed by atoms with Crippen LogP contribution in [0.5, 0.6) is 0 Å². The normalized spacial score (nSPS) is 14.8. The highest BCUT2D eigenvalue weighted by molar-refractivity contribution is 5.75. The molecule has 0 amide bonds. The molecular weight excluding hydrogens is 263 g/mol. The molecule has 2 atom stereocenters. The van der Waals surface area contributed by atoms with Gasteiger partial charge >= 0.3 is 12.1 Å². The zero-order valence-electron chi connectivity index (χ0n) is 10.2. The van der Waals surface area contributed by atoms with Gasteiger partial charge in [-0.3, -0.25) is 0 Å². The predicted molar refractivity (Wildman–Crippen MR) is 61.1 cm³/mol. The van der Waals surface area contributed by atoms with E-state index in [-0.39, 0.29) is 6.61 Å². The van der Waals surface area contributed by atoms with Crippen molar-refractivity contribution in [1.29, 1.82) is 0 Å². The van der Waals surface area contributed by atoms with Crippen LogP contribution in [0.4, 0.5) is 13.2 Å². The number of rotatable bonds is 5. The van der Waals surface area contributed by atoms with Gasteiger partial charge in [-0.25, -0.2) is 4.79 Å². The van der Waals surface area contributed by atoms with Gasteiger partial charge in [0.2, 0.25) is 0 Å². The van der Waals surface area contributed by atoms with Gasteiger partial charge in [-0.15, -0.1) is 0 Å². The molecule has 2 N–H and O–H groups in total. The van der Waals surface area contributed by atoms with Gasteiger partial charge in [0.25, 0.3) is 0 Å². The summed E-state index contributed by atoms with van der Waals surface area (Å²) >= 11 is 0. The van der Waals surface area contributed by atoms with Gasteiger partial charge in [-0.2, -0.15) is 13.2 Å². The zero-order chi connectivity index (χ0) is 14.5. The van der Waals surface area contributed by atoms with Crippen molar-refractivity contribution >= 4 is 5.97 Å². The van der Waals surface area contributed by atoms with Crippen LogP contribution >= 0.6 is 0 Å². The van der Waals surface area contributed by atoms with Gasteiger partial charge in [-0.05, 0) is 5.56 Å². The molecule has 0 saturated heterocycles. The minimum atomic E-state index is -4.74. The van der Waals surface area contributed by atoms with E-state index in [1.807, 2.05) is 0 Å². The smallest absolute Gasteiger partial charge is 0.406 e. The van der Waals surface area contributed by atoms with Crippen LogP contribution in [0.15, 0.2) is 30.3 Å². The molecule has 0 radical (unpaired) electrons. The maximum atomic E-state index is 12.5. The molecule has 0 aliphatic carbocycles. The fraction of sp³-hybridized carbons (Fsp3) is 0.417. The number of hydrogen-bond donors (Lipinski definition) is 1. The number of hydrogen-bond acceptors (Lipinski definition) is 4. The highest BCUT2D eigenvalue weighted by Crippen LogP contribution is 2.23. The minimum absolute atomic E-state index is 0.162. The molecule has 0 bridgehead atoms. The highest BCUT2D eigenvalue weighted by atomic mass is 19.4. The van der Waals surface area contributed by atoms with E-state index in [0.717, 1.165) is 7.11 Å². The van der Waals surface area contributed by atoms with Gasteiger partial charge in [0.05, 0.1) is 13.7 Å². The van der Waals surface area contributed by atoms with Crippen LogP contribution in [-0.4, -0.2) is 31.4 Å². The maximum Gasteiger partial charge on any atom is 0.406 e. The molecule has 0 aliphatic heterocycles. The Kier molecular flexibility index (Phi) is 5.31. The molecule has 0 aliphatic rings. The van der Waals surface area contributed by atoms with E-state index in [9.17, 15) is 18.0 Å². The number of carbonyl (C=O) groups excluding carboxylic acids is 1. The van der Waals surface area contributed by atoms with Crippen molar-refractivity contribution in [1.82, 2.24) is 0 Å². The number of halogens is 3. The molecule has 0 spiro atoms. The van der Waals surface area contributed by atoms with Gasteiger partial charge in [-0.1, -0.05) is 30.3 Å². The number of methoxy groups -OCH3 is 1. The Balaban J connectivity index is 2.73. The van der Waals surface area contributed by atoms with Crippen LogP contribution in [0.1, 0.15) is 5.56 Å². The first-order valence-electron chi connectivity index (χ1n) is 5.42. The third-order valence-electron chi connectivity index (χ3n) is 2.41. The second-order valence-electron chi connectivity index (χ2n) is 3.81. The average Bonchev–Trinajstić information content (AvgIpc) is 2.38. The summed E-state index contributed by atoms with van der Waals surface area (Å²) in [6, 6.07) is 6.05. The van der Waals surface area contributed by atoms with Gasteiger partial charge < -0.3 is 15.2 Å². The number of carbonyl (C=O) groups is 1. The number of ether oxygens (including phenoxy) is 2. The Morgan fingerprint density at radius 2 is 1.89 bits per heavy atom. The molecule has 1 rings (SSSR count). The molecule has 0 heterocycles. The van der Waals surface area contributed by atoms with E-state index in [4.69, 9.17) is 10.5 Å². The summed E-state index contributed by atoms with van der Waals surface area (Å²) < 4.78 is 46.7. The Morgan fingerprint density at radius 1 is 1.32 bits per heavy atom. The van der Waals surface area contributed by atoms with E-state index in [1.54, 1.807) is 30.3 Å². The molecule has 0 saturated carbocycles. The fourth-order valence-electron chi connectivity index (χ4n) is 1.37. The van der Waals surface area contributed by atoms with Crippen molar-refractivity contribution in [2.75, 3.05) is 7.11 Å². The first-order valence-corrected chi connectivity index (χ1v) is 5.42. The van der Waals surface area contributed by atoms with Crippen LogP contribution in [0.3, 0.4) is 0 Å². The topological polar surface area (TPSA) is 61.5 Å². The van der Waals surface area contributed by atoms with Crippen LogP contribution in [-0.2, 0) is 20.9 Å². The standard InChI is InChI=1S/C12H14F3NO3/c1-18-11(17)9(10(16)12(13,14)15)19-7-8-5-3-2-4-6-8/h2-6,9-10H,7,16H2,1H3/t9-,10-/m1/s1. The third kappa shape index (κ3) is 4.53. The summed E-state index contributed by atoms with van der Waals surface area (Å²) in [5.74, 6) is -1.15. The summed E-state index contributed by atoms with van der Waals surface area (Å²) in [7, 11) is 0.976. The molecule has 0 aromatic heterocycles. The lowest BCUT2D eigenvalue weighted by molar-refractivity contribution is -0.193. The summed E-state index contributed by atoms with van der Waals surface area (Å²) in [5, 5.41) is 0. The number of alkyl halides is 3. The SMILES string of the molecule is COC(=O)[C@H](OCc1ccccc1)[C@@H](N)C(F)(F)F. The van der Waals surface area contributed by atoms with Gasteiger partial charge in [0.15, 0.2) is 6.10 Å². The van der Waals surface area contributed by atoms with E-state index >= 15 is 0 Å². The summed E-state index contributed by atoms with van der Waals surface area (Å²) in [6.07, 6.45) is -6.62. The quantitative estimate of drug-likeness (QED) is 0.831. The third-order valence-corrected chi connectivity index (χ3v) is 2.41. The lowest BCUT2D eigenvalue weighted by Crippen LogP contribution is -2.52. The van der Waals surface area contributed by atoms with Crippen molar-refractivity contribution in [3.05, 3.63) is 35.9 Å². The summed E-state index contributed by atoms with van der Waals surface area (Å²) in [4.78, 5) is 11.3. The lowest BCUT2D eigenvalue weighted by atomic mass is 10.1. The molecule has 7 heteroatoms. The fourth-order valence-corrected chi connectivity index (χ4v) is 1.37. The summed E-state index contributed by atoms with van der Waals surface area (Å²) in [6.45, 7) is -0.162. The molecule has 19 heavy (non-hydrogen) atoms. The predicted octanol–water partition coefficient (Wildman–Crippen LogP) is 1.63. The Labute approximate surface area is 108 Å². The number of nitrogens with two attached hydrogens (primary N) is 1. The van der Waals surface area contributed by atoms with E-state index < -0.39 is 24.3 Å². The first-order chi connectivity index (χ1) is 8.86. The Morgan fingerprint density at radius 3 is 2.37 bits per heavy atom. The van der Waals surface area contributed by atoms with E-state index in [1.165, 1.54) is 0 Å². The van der Waals surface area contributed by atoms with Crippen molar-refractivity contribution < 1.29 is 27.4 Å². The van der Waals surface area contributed by atoms with Crippen molar-refractivity contribution in [2.45, 2.75) is 24.9 Å². The van der Waals surface area contributed by atoms with Crippen LogP contribution in [0.2, 0.25) is 0 Å². The number of benzene rings is 1. The molecule has 4 nitrogen and oxygen atoms in total. The molecular formula is C12H14F3NO3. The largest absolute Gasteiger partial charge is 0.467 e. The van der Waals surface area contributed by atoms with Crippen LogP contribution in [0, 0.1) is 0 Å². The number of esters is 1.